The SMILES string of the molecule is CC.CCCNCC(=O)O. The van der Waals surface area contributed by atoms with Crippen molar-refractivity contribution >= 4 is 5.97 Å². The van der Waals surface area contributed by atoms with Gasteiger partial charge in [0, 0.05) is 0 Å². The predicted octanol–water partition coefficient (Wildman–Crippen LogP) is 1.10. The number of carboxylic acid groups (broad SMARTS) is 1. The third-order valence-corrected chi connectivity index (χ3v) is 0.703. The Morgan fingerprint density at radius 3 is 2.30 bits per heavy atom. The molecule has 0 aromatic carbocycles. The number of hydrogen-bond donors (Lipinski definition) is 2. The molecule has 0 aromatic rings. The molecule has 10 heavy (non-hydrogen) atoms. The highest BCUT2D eigenvalue weighted by Crippen LogP contribution is 1.67. The summed E-state index contributed by atoms with van der Waals surface area (Å²) in [4.78, 5) is 9.81. The van der Waals surface area contributed by atoms with Gasteiger partial charge in [0.15, 0.2) is 0 Å². The largest absolute Gasteiger partial charge is 0.480 e. The molecule has 0 atom stereocenters. The molecule has 3 nitrogen and oxygen atoms in total. The Hall–Kier alpha value is -0.570. The average molecular weight is 147 g/mol. The molecule has 0 amide bonds. The van der Waals surface area contributed by atoms with E-state index >= 15 is 0 Å². The fourth-order valence-electron chi connectivity index (χ4n) is 0.372. The minimum atomic E-state index is -0.793. The van der Waals surface area contributed by atoms with Gasteiger partial charge in [-0.1, -0.05) is 20.8 Å². The van der Waals surface area contributed by atoms with Crippen LogP contribution in [-0.2, 0) is 4.79 Å². The first-order valence-corrected chi connectivity index (χ1v) is 3.70. The van der Waals surface area contributed by atoms with Crippen LogP contribution in [-0.4, -0.2) is 24.2 Å². The maximum atomic E-state index is 9.81. The Morgan fingerprint density at radius 2 is 2.00 bits per heavy atom. The lowest BCUT2D eigenvalue weighted by Crippen LogP contribution is -2.22. The van der Waals surface area contributed by atoms with Gasteiger partial charge in [-0.2, -0.15) is 0 Å². The van der Waals surface area contributed by atoms with Crippen molar-refractivity contribution in [2.24, 2.45) is 0 Å². The van der Waals surface area contributed by atoms with E-state index in [0.717, 1.165) is 13.0 Å². The zero-order valence-electron chi connectivity index (χ0n) is 6.98. The summed E-state index contributed by atoms with van der Waals surface area (Å²) in [5.41, 5.74) is 0. The van der Waals surface area contributed by atoms with Crippen LogP contribution in [0.15, 0.2) is 0 Å². The second kappa shape index (κ2) is 11.3. The molecule has 0 saturated carbocycles. The molecule has 0 aliphatic heterocycles. The van der Waals surface area contributed by atoms with Crippen LogP contribution < -0.4 is 5.32 Å². The summed E-state index contributed by atoms with van der Waals surface area (Å²) >= 11 is 0. The second-order valence-electron chi connectivity index (χ2n) is 1.57. The van der Waals surface area contributed by atoms with Crippen LogP contribution in [0, 0.1) is 0 Å². The van der Waals surface area contributed by atoms with E-state index in [9.17, 15) is 4.79 Å². The molecular weight excluding hydrogens is 130 g/mol. The van der Waals surface area contributed by atoms with Crippen LogP contribution in [0.5, 0.6) is 0 Å². The number of aliphatic carboxylic acids is 1. The van der Waals surface area contributed by atoms with Crippen LogP contribution in [0.1, 0.15) is 27.2 Å². The van der Waals surface area contributed by atoms with E-state index in [4.69, 9.17) is 5.11 Å². The zero-order valence-corrected chi connectivity index (χ0v) is 6.98. The number of nitrogens with one attached hydrogen (secondary N) is 1. The summed E-state index contributed by atoms with van der Waals surface area (Å²) in [6, 6.07) is 0. The summed E-state index contributed by atoms with van der Waals surface area (Å²) in [6.07, 6.45) is 0.979. The summed E-state index contributed by atoms with van der Waals surface area (Å²) in [5.74, 6) is -0.793. The summed E-state index contributed by atoms with van der Waals surface area (Å²) in [6.45, 7) is 6.86. The van der Waals surface area contributed by atoms with Gasteiger partial charge in [-0.15, -0.1) is 0 Å². The van der Waals surface area contributed by atoms with Crippen LogP contribution >= 0.6 is 0 Å². The minimum Gasteiger partial charge on any atom is -0.480 e. The Morgan fingerprint density at radius 1 is 1.50 bits per heavy atom. The second-order valence-corrected chi connectivity index (χ2v) is 1.57. The van der Waals surface area contributed by atoms with E-state index in [0.29, 0.717) is 0 Å². The maximum Gasteiger partial charge on any atom is 0.317 e. The molecule has 0 aromatic heterocycles. The summed E-state index contributed by atoms with van der Waals surface area (Å²) < 4.78 is 0. The van der Waals surface area contributed by atoms with Crippen molar-refractivity contribution in [2.75, 3.05) is 13.1 Å². The number of carbonyl (C=O) groups is 1. The topological polar surface area (TPSA) is 49.3 Å². The number of hydrogen-bond acceptors (Lipinski definition) is 2. The molecule has 0 radical (unpaired) electrons. The molecule has 0 bridgehead atoms. The van der Waals surface area contributed by atoms with E-state index in [-0.39, 0.29) is 6.54 Å². The van der Waals surface area contributed by atoms with Gasteiger partial charge >= 0.3 is 5.97 Å². The van der Waals surface area contributed by atoms with E-state index in [1.54, 1.807) is 0 Å². The summed E-state index contributed by atoms with van der Waals surface area (Å²) in [5, 5.41) is 10.8. The predicted molar refractivity (Wildman–Crippen MR) is 42.1 cm³/mol. The lowest BCUT2D eigenvalue weighted by molar-refractivity contribution is -0.135. The first kappa shape index (κ1) is 12.1. The monoisotopic (exact) mass is 147 g/mol. The quantitative estimate of drug-likeness (QED) is 0.585. The highest BCUT2D eigenvalue weighted by atomic mass is 16.4. The molecule has 62 valence electrons. The van der Waals surface area contributed by atoms with Gasteiger partial charge in [-0.3, -0.25) is 4.79 Å². The van der Waals surface area contributed by atoms with Gasteiger partial charge < -0.3 is 10.4 Å². The number of rotatable bonds is 4. The Bertz CT molecular complexity index is 74.0. The molecule has 0 aliphatic rings. The zero-order chi connectivity index (χ0) is 8.41. The third kappa shape index (κ3) is 15.7. The van der Waals surface area contributed by atoms with Gasteiger partial charge in [-0.05, 0) is 13.0 Å². The van der Waals surface area contributed by atoms with E-state index in [2.05, 4.69) is 5.32 Å². The molecule has 0 aliphatic carbocycles. The molecule has 3 heteroatoms. The molecule has 0 heterocycles. The van der Waals surface area contributed by atoms with Crippen molar-refractivity contribution in [1.29, 1.82) is 0 Å². The fraction of sp³-hybridized carbons (Fsp3) is 0.857. The lowest BCUT2D eigenvalue weighted by atomic mass is 10.5. The normalized spacial score (nSPS) is 7.90. The standard InChI is InChI=1S/C5H11NO2.C2H6/c1-2-3-6-4-5(7)8;1-2/h6H,2-4H2,1H3,(H,7,8);1-2H3. The van der Waals surface area contributed by atoms with Crippen molar-refractivity contribution in [3.63, 3.8) is 0 Å². The number of carboxylic acids is 1. The van der Waals surface area contributed by atoms with Crippen LogP contribution in [0.3, 0.4) is 0 Å². The fourth-order valence-corrected chi connectivity index (χ4v) is 0.372. The Balaban J connectivity index is 0. The highest BCUT2D eigenvalue weighted by Gasteiger charge is 1.90. The lowest BCUT2D eigenvalue weighted by Gasteiger charge is -1.94. The molecule has 0 unspecified atom stereocenters. The van der Waals surface area contributed by atoms with Crippen molar-refractivity contribution in [3.05, 3.63) is 0 Å². The van der Waals surface area contributed by atoms with Crippen LogP contribution in [0.2, 0.25) is 0 Å². The van der Waals surface area contributed by atoms with Gasteiger partial charge in [0.2, 0.25) is 0 Å². The summed E-state index contributed by atoms with van der Waals surface area (Å²) in [7, 11) is 0. The van der Waals surface area contributed by atoms with Crippen LogP contribution in [0.4, 0.5) is 0 Å². The Kier molecular flexibility index (Phi) is 13.7. The van der Waals surface area contributed by atoms with Gasteiger partial charge in [0.25, 0.3) is 0 Å². The first-order valence-electron chi connectivity index (χ1n) is 3.70. The maximum absolute atomic E-state index is 9.81. The van der Waals surface area contributed by atoms with Gasteiger partial charge in [0.05, 0.1) is 6.54 Å². The average Bonchev–Trinajstić information content (AvgIpc) is 1.92. The van der Waals surface area contributed by atoms with E-state index in [1.165, 1.54) is 0 Å². The molecule has 0 fully saturated rings. The minimum absolute atomic E-state index is 0.0772. The van der Waals surface area contributed by atoms with Crippen molar-refractivity contribution in [1.82, 2.24) is 5.32 Å². The van der Waals surface area contributed by atoms with Crippen molar-refractivity contribution in [3.8, 4) is 0 Å². The van der Waals surface area contributed by atoms with Gasteiger partial charge in [-0.25, -0.2) is 0 Å². The van der Waals surface area contributed by atoms with Crippen LogP contribution in [0.25, 0.3) is 0 Å². The Labute approximate surface area is 62.4 Å². The van der Waals surface area contributed by atoms with Gasteiger partial charge in [0.1, 0.15) is 0 Å². The molecular formula is C7H17NO2. The van der Waals surface area contributed by atoms with Crippen molar-refractivity contribution in [2.45, 2.75) is 27.2 Å². The highest BCUT2D eigenvalue weighted by molar-refractivity contribution is 5.68. The van der Waals surface area contributed by atoms with E-state index < -0.39 is 5.97 Å². The van der Waals surface area contributed by atoms with Crippen molar-refractivity contribution < 1.29 is 9.90 Å². The smallest absolute Gasteiger partial charge is 0.317 e. The first-order chi connectivity index (χ1) is 4.77. The van der Waals surface area contributed by atoms with E-state index in [1.807, 2.05) is 20.8 Å². The molecule has 0 spiro atoms. The molecule has 0 saturated heterocycles. The molecule has 2 N–H and O–H groups in total. The third-order valence-electron chi connectivity index (χ3n) is 0.703. The molecule has 0 rings (SSSR count).